The molecule has 0 atom stereocenters. The molecule has 2 heterocycles. The van der Waals surface area contributed by atoms with Crippen LogP contribution in [0.2, 0.25) is 5.02 Å². The van der Waals surface area contributed by atoms with Gasteiger partial charge in [0, 0.05) is 17.8 Å². The number of halogens is 1. The van der Waals surface area contributed by atoms with Crippen LogP contribution in [0, 0.1) is 6.92 Å². The molecule has 138 valence electrons. The second-order valence-corrected chi connectivity index (χ2v) is 7.67. The molecule has 0 aliphatic rings. The van der Waals surface area contributed by atoms with E-state index in [-0.39, 0.29) is 21.7 Å². The third-order valence-corrected chi connectivity index (χ3v) is 5.45. The predicted molar refractivity (Wildman–Crippen MR) is 98.7 cm³/mol. The van der Waals surface area contributed by atoms with E-state index in [9.17, 15) is 13.2 Å². The maximum absolute atomic E-state index is 12.8. The summed E-state index contributed by atoms with van der Waals surface area (Å²) < 4.78 is 35.9. The Morgan fingerprint density at radius 2 is 2.04 bits per heavy atom. The van der Waals surface area contributed by atoms with Gasteiger partial charge in [-0.25, -0.2) is 13.1 Å². The lowest BCUT2D eigenvalue weighted by Gasteiger charge is -2.11. The van der Waals surface area contributed by atoms with Crippen LogP contribution in [0.3, 0.4) is 0 Å². The second kappa shape index (κ2) is 6.65. The second-order valence-electron chi connectivity index (χ2n) is 5.55. The highest BCUT2D eigenvalue weighted by Crippen LogP contribution is 2.30. The largest absolute Gasteiger partial charge is 0.495 e. The number of anilines is 1. The van der Waals surface area contributed by atoms with Gasteiger partial charge in [0.1, 0.15) is 22.0 Å². The molecule has 0 bridgehead atoms. The Kier molecular flexibility index (Phi) is 4.68. The van der Waals surface area contributed by atoms with Gasteiger partial charge in [-0.15, -0.1) is 0 Å². The minimum absolute atomic E-state index is 0.0598. The van der Waals surface area contributed by atoms with Gasteiger partial charge in [0.25, 0.3) is 15.6 Å². The molecule has 10 heteroatoms. The topological polar surface area (TPSA) is 94.7 Å². The molecule has 0 aliphatic heterocycles. The smallest absolute Gasteiger partial charge is 0.291 e. The summed E-state index contributed by atoms with van der Waals surface area (Å²) in [4.78, 5) is 12.3. The van der Waals surface area contributed by atoms with Crippen molar-refractivity contribution in [3.63, 3.8) is 0 Å². The SMILES string of the molecule is CCn1nc(C)n2cc(S(=O)(=O)Nc3cc(Cl)ccc3OC)cc2c1=O. The number of nitrogens with one attached hydrogen (secondary N) is 1. The summed E-state index contributed by atoms with van der Waals surface area (Å²) in [5, 5.41) is 4.51. The van der Waals surface area contributed by atoms with Crippen molar-refractivity contribution in [3.05, 3.63) is 51.7 Å². The molecule has 0 fully saturated rings. The van der Waals surface area contributed by atoms with Crippen LogP contribution in [0.25, 0.3) is 5.52 Å². The fourth-order valence-corrected chi connectivity index (χ4v) is 3.85. The van der Waals surface area contributed by atoms with E-state index in [1.807, 2.05) is 0 Å². The van der Waals surface area contributed by atoms with E-state index in [2.05, 4.69) is 9.82 Å². The lowest BCUT2D eigenvalue weighted by atomic mass is 10.3. The van der Waals surface area contributed by atoms with Crippen LogP contribution in [-0.4, -0.2) is 29.7 Å². The van der Waals surface area contributed by atoms with Crippen molar-refractivity contribution in [2.45, 2.75) is 25.3 Å². The number of hydrogen-bond acceptors (Lipinski definition) is 5. The maximum atomic E-state index is 12.8. The summed E-state index contributed by atoms with van der Waals surface area (Å²) in [6.45, 7) is 3.88. The van der Waals surface area contributed by atoms with E-state index in [0.717, 1.165) is 0 Å². The molecule has 0 spiro atoms. The van der Waals surface area contributed by atoms with Gasteiger partial charge in [0.2, 0.25) is 0 Å². The van der Waals surface area contributed by atoms with E-state index in [0.29, 0.717) is 23.1 Å². The number of benzene rings is 1. The number of methoxy groups -OCH3 is 1. The summed E-state index contributed by atoms with van der Waals surface area (Å²) in [7, 11) is -2.54. The molecule has 0 saturated carbocycles. The zero-order chi connectivity index (χ0) is 19.1. The first kappa shape index (κ1) is 18.3. The quantitative estimate of drug-likeness (QED) is 0.714. The first-order valence-corrected chi connectivity index (χ1v) is 9.59. The highest BCUT2D eigenvalue weighted by molar-refractivity contribution is 7.92. The standard InChI is InChI=1S/C16H17ClN4O4S/c1-4-21-16(22)14-8-12(9-20(14)10(2)18-21)26(23,24)19-13-7-11(17)5-6-15(13)25-3/h5-9,19H,4H2,1-3H3. The van der Waals surface area contributed by atoms with Gasteiger partial charge in [0.15, 0.2) is 0 Å². The summed E-state index contributed by atoms with van der Waals surface area (Å²) in [6, 6.07) is 5.92. The van der Waals surface area contributed by atoms with Gasteiger partial charge in [0.05, 0.1) is 12.8 Å². The van der Waals surface area contributed by atoms with E-state index in [1.165, 1.54) is 34.5 Å². The van der Waals surface area contributed by atoms with Crippen molar-refractivity contribution >= 4 is 32.8 Å². The number of hydrogen-bond donors (Lipinski definition) is 1. The van der Waals surface area contributed by atoms with Crippen LogP contribution in [0.1, 0.15) is 12.7 Å². The number of nitrogens with zero attached hydrogens (tertiary/aromatic N) is 3. The molecule has 8 nitrogen and oxygen atoms in total. The van der Waals surface area contributed by atoms with Gasteiger partial charge >= 0.3 is 0 Å². The number of fused-ring (bicyclic) bond motifs is 1. The van der Waals surface area contributed by atoms with Crippen molar-refractivity contribution in [1.82, 2.24) is 14.2 Å². The van der Waals surface area contributed by atoms with Gasteiger partial charge < -0.3 is 4.74 Å². The first-order valence-electron chi connectivity index (χ1n) is 7.73. The maximum Gasteiger partial charge on any atom is 0.291 e. The molecule has 1 aromatic carbocycles. The van der Waals surface area contributed by atoms with Crippen molar-refractivity contribution in [2.24, 2.45) is 0 Å². The Morgan fingerprint density at radius 3 is 2.69 bits per heavy atom. The number of aryl methyl sites for hydroxylation is 2. The summed E-state index contributed by atoms with van der Waals surface area (Å²) in [6.07, 6.45) is 1.36. The van der Waals surface area contributed by atoms with Gasteiger partial charge in [-0.2, -0.15) is 5.10 Å². The summed E-state index contributed by atoms with van der Waals surface area (Å²) in [5.74, 6) is 0.830. The monoisotopic (exact) mass is 396 g/mol. The molecule has 0 aliphatic carbocycles. The van der Waals surface area contributed by atoms with Crippen LogP contribution >= 0.6 is 11.6 Å². The first-order chi connectivity index (χ1) is 12.3. The highest BCUT2D eigenvalue weighted by Gasteiger charge is 2.21. The van der Waals surface area contributed by atoms with Crippen LogP contribution in [0.15, 0.2) is 40.2 Å². The average Bonchev–Trinajstić information content (AvgIpc) is 3.05. The Hall–Kier alpha value is -2.52. The molecular weight excluding hydrogens is 380 g/mol. The molecule has 0 amide bonds. The van der Waals surface area contributed by atoms with Crippen LogP contribution in [-0.2, 0) is 16.6 Å². The highest BCUT2D eigenvalue weighted by atomic mass is 35.5. The molecule has 3 aromatic rings. The Balaban J connectivity index is 2.11. The third kappa shape index (κ3) is 3.15. The lowest BCUT2D eigenvalue weighted by molar-refractivity contribution is 0.417. The predicted octanol–water partition coefficient (Wildman–Crippen LogP) is 2.29. The van der Waals surface area contributed by atoms with Crippen molar-refractivity contribution in [3.8, 4) is 5.75 Å². The van der Waals surface area contributed by atoms with Gasteiger partial charge in [-0.1, -0.05) is 11.6 Å². The Labute approximate surface area is 155 Å². The zero-order valence-corrected chi connectivity index (χ0v) is 15.9. The molecular formula is C16H17ClN4O4S. The number of sulfonamides is 1. The van der Waals surface area contributed by atoms with Crippen molar-refractivity contribution < 1.29 is 13.2 Å². The minimum atomic E-state index is -3.96. The van der Waals surface area contributed by atoms with E-state index < -0.39 is 10.0 Å². The third-order valence-electron chi connectivity index (χ3n) is 3.88. The summed E-state index contributed by atoms with van der Waals surface area (Å²) in [5.41, 5.74) is 0.0775. The molecule has 3 rings (SSSR count). The number of ether oxygens (including phenoxy) is 1. The van der Waals surface area contributed by atoms with Crippen LogP contribution < -0.4 is 15.0 Å². The zero-order valence-electron chi connectivity index (χ0n) is 14.4. The van der Waals surface area contributed by atoms with E-state index in [1.54, 1.807) is 26.0 Å². The lowest BCUT2D eigenvalue weighted by Crippen LogP contribution is -2.25. The van der Waals surface area contributed by atoms with Crippen molar-refractivity contribution in [1.29, 1.82) is 0 Å². The van der Waals surface area contributed by atoms with E-state index >= 15 is 0 Å². The molecule has 0 unspecified atom stereocenters. The van der Waals surface area contributed by atoms with Crippen LogP contribution in [0.5, 0.6) is 5.75 Å². The molecule has 2 aromatic heterocycles. The fourth-order valence-electron chi connectivity index (χ4n) is 2.60. The molecule has 26 heavy (non-hydrogen) atoms. The molecule has 0 radical (unpaired) electrons. The Bertz CT molecular complexity index is 1150. The van der Waals surface area contributed by atoms with Gasteiger partial charge in [-0.3, -0.25) is 13.9 Å². The molecule has 0 saturated heterocycles. The molecule has 1 N–H and O–H groups in total. The average molecular weight is 397 g/mol. The Morgan fingerprint density at radius 1 is 1.31 bits per heavy atom. The fraction of sp³-hybridized carbons (Fsp3) is 0.250. The minimum Gasteiger partial charge on any atom is -0.495 e. The van der Waals surface area contributed by atoms with E-state index in [4.69, 9.17) is 16.3 Å². The summed E-state index contributed by atoms with van der Waals surface area (Å²) >= 11 is 5.94. The van der Waals surface area contributed by atoms with Gasteiger partial charge in [-0.05, 0) is 38.1 Å². The number of rotatable bonds is 5. The van der Waals surface area contributed by atoms with Crippen LogP contribution in [0.4, 0.5) is 5.69 Å². The normalized spacial score (nSPS) is 11.7. The number of aromatic nitrogens is 3. The van der Waals surface area contributed by atoms with Crippen molar-refractivity contribution in [2.75, 3.05) is 11.8 Å².